The van der Waals surface area contributed by atoms with Crippen LogP contribution in [0.25, 0.3) is 0 Å². The predicted molar refractivity (Wildman–Crippen MR) is 75.1 cm³/mol. The number of phenolic OH excluding ortho intramolecular Hbond substituents is 1. The zero-order valence-electron chi connectivity index (χ0n) is 11.6. The normalized spacial score (nSPS) is 14.4. The SMILES string of the molecule is Cc1cc(CNCCC(=O)NC2CC2)cc(C)c1O. The van der Waals surface area contributed by atoms with Gasteiger partial charge in [-0.1, -0.05) is 12.1 Å². The lowest BCUT2D eigenvalue weighted by atomic mass is 10.1. The second-order valence-electron chi connectivity index (χ2n) is 5.35. The Kier molecular flexibility index (Phi) is 4.43. The third kappa shape index (κ3) is 4.24. The Morgan fingerprint density at radius 1 is 1.32 bits per heavy atom. The molecule has 0 bridgehead atoms. The van der Waals surface area contributed by atoms with Crippen molar-refractivity contribution in [2.45, 2.75) is 45.7 Å². The molecule has 0 unspecified atom stereocenters. The molecule has 1 aromatic rings. The van der Waals surface area contributed by atoms with E-state index in [-0.39, 0.29) is 5.91 Å². The molecule has 19 heavy (non-hydrogen) atoms. The van der Waals surface area contributed by atoms with Crippen LogP contribution in [-0.2, 0) is 11.3 Å². The van der Waals surface area contributed by atoms with Crippen molar-refractivity contribution in [3.05, 3.63) is 28.8 Å². The Labute approximate surface area is 114 Å². The van der Waals surface area contributed by atoms with Gasteiger partial charge in [-0.25, -0.2) is 0 Å². The summed E-state index contributed by atoms with van der Waals surface area (Å²) in [5.41, 5.74) is 2.92. The predicted octanol–water partition coefficient (Wildman–Crippen LogP) is 1.77. The quantitative estimate of drug-likeness (QED) is 0.685. The molecular weight excluding hydrogens is 240 g/mol. The number of aromatic hydroxyl groups is 1. The number of nitrogens with one attached hydrogen (secondary N) is 2. The molecule has 1 aliphatic rings. The van der Waals surface area contributed by atoms with Gasteiger partial charge < -0.3 is 15.7 Å². The summed E-state index contributed by atoms with van der Waals surface area (Å²) in [6.07, 6.45) is 2.78. The topological polar surface area (TPSA) is 61.4 Å². The Hall–Kier alpha value is -1.55. The first-order valence-electron chi connectivity index (χ1n) is 6.85. The molecule has 0 radical (unpaired) electrons. The van der Waals surface area contributed by atoms with E-state index in [2.05, 4.69) is 10.6 Å². The van der Waals surface area contributed by atoms with E-state index in [1.807, 2.05) is 26.0 Å². The number of hydrogen-bond donors (Lipinski definition) is 3. The zero-order valence-corrected chi connectivity index (χ0v) is 11.6. The number of hydrogen-bond acceptors (Lipinski definition) is 3. The standard InChI is InChI=1S/C15H22N2O2/c1-10-7-12(8-11(2)15(10)19)9-16-6-5-14(18)17-13-3-4-13/h7-8,13,16,19H,3-6,9H2,1-2H3,(H,17,18). The fraction of sp³-hybridized carbons (Fsp3) is 0.533. The highest BCUT2D eigenvalue weighted by atomic mass is 16.3. The van der Waals surface area contributed by atoms with Crippen molar-refractivity contribution in [1.29, 1.82) is 0 Å². The average molecular weight is 262 g/mol. The van der Waals surface area contributed by atoms with E-state index in [1.165, 1.54) is 0 Å². The van der Waals surface area contributed by atoms with Crippen molar-refractivity contribution in [3.8, 4) is 5.75 Å². The molecule has 0 heterocycles. The monoisotopic (exact) mass is 262 g/mol. The maximum absolute atomic E-state index is 11.5. The van der Waals surface area contributed by atoms with E-state index in [0.717, 1.165) is 36.1 Å². The van der Waals surface area contributed by atoms with Gasteiger partial charge in [0, 0.05) is 25.6 Å². The lowest BCUT2D eigenvalue weighted by molar-refractivity contribution is -0.121. The Morgan fingerprint density at radius 2 is 1.95 bits per heavy atom. The first kappa shape index (κ1) is 13.9. The van der Waals surface area contributed by atoms with Crippen molar-refractivity contribution in [2.75, 3.05) is 6.54 Å². The minimum absolute atomic E-state index is 0.132. The van der Waals surface area contributed by atoms with Gasteiger partial charge in [-0.15, -0.1) is 0 Å². The molecule has 3 N–H and O–H groups in total. The molecule has 0 saturated heterocycles. The highest BCUT2D eigenvalue weighted by Gasteiger charge is 2.22. The van der Waals surface area contributed by atoms with Crippen LogP contribution in [0.4, 0.5) is 0 Å². The van der Waals surface area contributed by atoms with Gasteiger partial charge in [-0.2, -0.15) is 0 Å². The maximum atomic E-state index is 11.5. The van der Waals surface area contributed by atoms with E-state index in [9.17, 15) is 9.90 Å². The molecule has 1 amide bonds. The molecule has 4 nitrogen and oxygen atoms in total. The molecule has 1 aliphatic carbocycles. The van der Waals surface area contributed by atoms with E-state index in [1.54, 1.807) is 0 Å². The number of aryl methyl sites for hydroxylation is 2. The van der Waals surface area contributed by atoms with Crippen LogP contribution in [0, 0.1) is 13.8 Å². The van der Waals surface area contributed by atoms with Gasteiger partial charge in [-0.3, -0.25) is 4.79 Å². The van der Waals surface area contributed by atoms with Gasteiger partial charge in [-0.05, 0) is 43.4 Å². The molecule has 0 spiro atoms. The van der Waals surface area contributed by atoms with Crippen LogP contribution in [0.5, 0.6) is 5.75 Å². The minimum atomic E-state index is 0.132. The van der Waals surface area contributed by atoms with Crippen LogP contribution in [0.3, 0.4) is 0 Å². The summed E-state index contributed by atoms with van der Waals surface area (Å²) >= 11 is 0. The fourth-order valence-corrected chi connectivity index (χ4v) is 2.11. The van der Waals surface area contributed by atoms with Crippen LogP contribution in [0.1, 0.15) is 36.0 Å². The fourth-order valence-electron chi connectivity index (χ4n) is 2.11. The van der Waals surface area contributed by atoms with E-state index in [4.69, 9.17) is 0 Å². The smallest absolute Gasteiger partial charge is 0.221 e. The van der Waals surface area contributed by atoms with Crippen molar-refractivity contribution >= 4 is 5.91 Å². The second kappa shape index (κ2) is 6.06. The Balaban J connectivity index is 1.71. The molecule has 1 saturated carbocycles. The van der Waals surface area contributed by atoms with Crippen molar-refractivity contribution in [3.63, 3.8) is 0 Å². The molecule has 0 atom stereocenters. The van der Waals surface area contributed by atoms with Gasteiger partial charge in [0.1, 0.15) is 5.75 Å². The van der Waals surface area contributed by atoms with Crippen molar-refractivity contribution in [2.24, 2.45) is 0 Å². The minimum Gasteiger partial charge on any atom is -0.507 e. The van der Waals surface area contributed by atoms with Crippen LogP contribution in [0.15, 0.2) is 12.1 Å². The van der Waals surface area contributed by atoms with Crippen LogP contribution in [0.2, 0.25) is 0 Å². The molecule has 104 valence electrons. The summed E-state index contributed by atoms with van der Waals surface area (Å²) < 4.78 is 0. The number of benzene rings is 1. The largest absolute Gasteiger partial charge is 0.507 e. The number of rotatable bonds is 6. The van der Waals surface area contributed by atoms with Crippen LogP contribution in [-0.4, -0.2) is 23.6 Å². The van der Waals surface area contributed by atoms with Gasteiger partial charge >= 0.3 is 0 Å². The number of phenols is 1. The van der Waals surface area contributed by atoms with Gasteiger partial charge in [0.25, 0.3) is 0 Å². The molecular formula is C15H22N2O2. The molecule has 0 aromatic heterocycles. The molecule has 2 rings (SSSR count). The number of amides is 1. The summed E-state index contributed by atoms with van der Waals surface area (Å²) in [7, 11) is 0. The summed E-state index contributed by atoms with van der Waals surface area (Å²) in [5, 5.41) is 15.9. The summed E-state index contributed by atoms with van der Waals surface area (Å²) in [5.74, 6) is 0.501. The van der Waals surface area contributed by atoms with Crippen LogP contribution >= 0.6 is 0 Å². The lowest BCUT2D eigenvalue weighted by Crippen LogP contribution is -2.29. The van der Waals surface area contributed by atoms with Gasteiger partial charge in [0.05, 0.1) is 0 Å². The third-order valence-corrected chi connectivity index (χ3v) is 3.35. The van der Waals surface area contributed by atoms with Gasteiger partial charge in [0.2, 0.25) is 5.91 Å². The molecule has 1 aromatic carbocycles. The van der Waals surface area contributed by atoms with Crippen molar-refractivity contribution < 1.29 is 9.90 Å². The van der Waals surface area contributed by atoms with Gasteiger partial charge in [0.15, 0.2) is 0 Å². The van der Waals surface area contributed by atoms with E-state index < -0.39 is 0 Å². The zero-order chi connectivity index (χ0) is 13.8. The van der Waals surface area contributed by atoms with E-state index >= 15 is 0 Å². The molecule has 0 aliphatic heterocycles. The Morgan fingerprint density at radius 3 is 2.53 bits per heavy atom. The summed E-state index contributed by atoms with van der Waals surface area (Å²) in [6.45, 7) is 5.19. The maximum Gasteiger partial charge on any atom is 0.221 e. The summed E-state index contributed by atoms with van der Waals surface area (Å²) in [4.78, 5) is 11.5. The average Bonchev–Trinajstić information content (AvgIpc) is 3.15. The molecule has 4 heteroatoms. The first-order valence-corrected chi connectivity index (χ1v) is 6.85. The molecule has 1 fully saturated rings. The highest BCUT2D eigenvalue weighted by molar-refractivity contribution is 5.76. The highest BCUT2D eigenvalue weighted by Crippen LogP contribution is 2.22. The Bertz CT molecular complexity index is 444. The van der Waals surface area contributed by atoms with Crippen molar-refractivity contribution in [1.82, 2.24) is 10.6 Å². The number of carbonyl (C=O) groups excluding carboxylic acids is 1. The lowest BCUT2D eigenvalue weighted by Gasteiger charge is -2.09. The first-order chi connectivity index (χ1) is 9.06. The van der Waals surface area contributed by atoms with E-state index in [0.29, 0.717) is 24.8 Å². The number of carbonyl (C=O) groups is 1. The summed E-state index contributed by atoms with van der Waals surface area (Å²) in [6, 6.07) is 4.38. The third-order valence-electron chi connectivity index (χ3n) is 3.35. The van der Waals surface area contributed by atoms with Crippen LogP contribution < -0.4 is 10.6 Å². The second-order valence-corrected chi connectivity index (χ2v) is 5.35.